The molecule has 0 spiro atoms. The summed E-state index contributed by atoms with van der Waals surface area (Å²) < 4.78 is 5.98. The van der Waals surface area contributed by atoms with Gasteiger partial charge in [-0.25, -0.2) is 0 Å². The van der Waals surface area contributed by atoms with Gasteiger partial charge in [0.05, 0.1) is 0 Å². The number of hydrogen-bond acceptors (Lipinski definition) is 3. The van der Waals surface area contributed by atoms with E-state index in [1.807, 2.05) is 72.8 Å². The average Bonchev–Trinajstić information content (AvgIpc) is 2.67. The molecule has 0 atom stereocenters. The van der Waals surface area contributed by atoms with E-state index in [4.69, 9.17) is 16.3 Å². The topological polar surface area (TPSA) is 50.4 Å². The number of halogens is 1. The number of hydrogen-bond donors (Lipinski definition) is 2. The van der Waals surface area contributed by atoms with Crippen LogP contribution in [-0.2, 0) is 17.9 Å². The average molecular weight is 381 g/mol. The van der Waals surface area contributed by atoms with E-state index < -0.39 is 0 Å². The molecule has 1 amide bonds. The first-order chi connectivity index (χ1) is 13.1. The zero-order valence-electron chi connectivity index (χ0n) is 15.0. The van der Waals surface area contributed by atoms with Gasteiger partial charge in [-0.1, -0.05) is 41.9 Å². The minimum atomic E-state index is -0.0810. The summed E-state index contributed by atoms with van der Waals surface area (Å²) in [5.74, 6) is 0.761. The second kappa shape index (κ2) is 9.10. The number of nitrogens with one attached hydrogen (secondary N) is 2. The smallest absolute Gasteiger partial charge is 0.221 e. The van der Waals surface area contributed by atoms with E-state index in [9.17, 15) is 4.79 Å². The minimum Gasteiger partial charge on any atom is -0.489 e. The zero-order chi connectivity index (χ0) is 19.1. The normalized spacial score (nSPS) is 10.3. The van der Waals surface area contributed by atoms with E-state index in [2.05, 4.69) is 10.6 Å². The Morgan fingerprint density at radius 2 is 1.59 bits per heavy atom. The van der Waals surface area contributed by atoms with Gasteiger partial charge in [0, 0.05) is 35.4 Å². The number of carbonyl (C=O) groups excluding carboxylic acids is 1. The molecule has 4 nitrogen and oxygen atoms in total. The van der Waals surface area contributed by atoms with E-state index in [1.165, 1.54) is 6.92 Å². The molecular weight excluding hydrogens is 360 g/mol. The van der Waals surface area contributed by atoms with Crippen molar-refractivity contribution < 1.29 is 9.53 Å². The van der Waals surface area contributed by atoms with Gasteiger partial charge in [0.2, 0.25) is 5.91 Å². The van der Waals surface area contributed by atoms with E-state index in [-0.39, 0.29) is 5.91 Å². The molecule has 0 saturated heterocycles. The van der Waals surface area contributed by atoms with Crippen molar-refractivity contribution in [2.24, 2.45) is 0 Å². The summed E-state index contributed by atoms with van der Waals surface area (Å²) in [5.41, 5.74) is 3.88. The number of benzene rings is 3. The van der Waals surface area contributed by atoms with Gasteiger partial charge in [0.25, 0.3) is 0 Å². The van der Waals surface area contributed by atoms with Crippen molar-refractivity contribution in [1.82, 2.24) is 0 Å². The summed E-state index contributed by atoms with van der Waals surface area (Å²) in [5, 5.41) is 6.85. The largest absolute Gasteiger partial charge is 0.489 e. The van der Waals surface area contributed by atoms with Gasteiger partial charge in [-0.15, -0.1) is 0 Å². The van der Waals surface area contributed by atoms with Gasteiger partial charge >= 0.3 is 0 Å². The molecule has 0 radical (unpaired) electrons. The maximum Gasteiger partial charge on any atom is 0.221 e. The first kappa shape index (κ1) is 18.8. The predicted molar refractivity (Wildman–Crippen MR) is 110 cm³/mol. The number of amides is 1. The molecule has 2 N–H and O–H groups in total. The van der Waals surface area contributed by atoms with Crippen LogP contribution >= 0.6 is 11.6 Å². The molecule has 138 valence electrons. The fraction of sp³-hybridized carbons (Fsp3) is 0.136. The molecule has 3 aromatic carbocycles. The minimum absolute atomic E-state index is 0.0810. The van der Waals surface area contributed by atoms with E-state index >= 15 is 0 Å². The van der Waals surface area contributed by atoms with E-state index in [1.54, 1.807) is 0 Å². The van der Waals surface area contributed by atoms with Crippen LogP contribution in [0, 0.1) is 0 Å². The predicted octanol–water partition coefficient (Wildman–Crippen LogP) is 5.49. The quantitative estimate of drug-likeness (QED) is 0.569. The number of para-hydroxylation sites is 1. The highest BCUT2D eigenvalue weighted by atomic mass is 35.5. The molecular formula is C22H21ClN2O2. The van der Waals surface area contributed by atoms with Gasteiger partial charge in [0.15, 0.2) is 0 Å². The highest BCUT2D eigenvalue weighted by Crippen LogP contribution is 2.22. The van der Waals surface area contributed by atoms with Gasteiger partial charge < -0.3 is 15.4 Å². The molecule has 27 heavy (non-hydrogen) atoms. The highest BCUT2D eigenvalue weighted by Gasteiger charge is 2.04. The Kier molecular flexibility index (Phi) is 6.34. The molecule has 0 aromatic heterocycles. The highest BCUT2D eigenvalue weighted by molar-refractivity contribution is 6.30. The molecule has 0 aliphatic heterocycles. The zero-order valence-corrected chi connectivity index (χ0v) is 15.8. The van der Waals surface area contributed by atoms with Crippen LogP contribution in [0.1, 0.15) is 18.1 Å². The Morgan fingerprint density at radius 1 is 0.926 bits per heavy atom. The molecule has 0 aliphatic carbocycles. The second-order valence-corrected chi connectivity index (χ2v) is 6.57. The van der Waals surface area contributed by atoms with Crippen LogP contribution in [-0.4, -0.2) is 5.91 Å². The SMILES string of the molecule is CC(=O)Nc1ccc(NCc2ccccc2OCc2ccc(Cl)cc2)cc1. The summed E-state index contributed by atoms with van der Waals surface area (Å²) in [6.45, 7) is 2.61. The fourth-order valence-electron chi connectivity index (χ4n) is 2.60. The van der Waals surface area contributed by atoms with Crippen molar-refractivity contribution in [3.63, 3.8) is 0 Å². The first-order valence-electron chi connectivity index (χ1n) is 8.67. The molecule has 0 aliphatic rings. The maximum absolute atomic E-state index is 11.1. The van der Waals surface area contributed by atoms with Crippen LogP contribution < -0.4 is 15.4 Å². The Labute approximate surface area is 164 Å². The molecule has 0 bridgehead atoms. The lowest BCUT2D eigenvalue weighted by molar-refractivity contribution is -0.114. The number of carbonyl (C=O) groups is 1. The molecule has 5 heteroatoms. The van der Waals surface area contributed by atoms with Crippen molar-refractivity contribution in [3.8, 4) is 5.75 Å². The van der Waals surface area contributed by atoms with Crippen molar-refractivity contribution in [2.75, 3.05) is 10.6 Å². The third kappa shape index (κ3) is 5.76. The van der Waals surface area contributed by atoms with E-state index in [0.29, 0.717) is 18.2 Å². The van der Waals surface area contributed by atoms with Crippen molar-refractivity contribution in [1.29, 1.82) is 0 Å². The van der Waals surface area contributed by atoms with Gasteiger partial charge in [0.1, 0.15) is 12.4 Å². The number of rotatable bonds is 7. The van der Waals surface area contributed by atoms with Gasteiger partial charge in [-0.05, 0) is 48.0 Å². The van der Waals surface area contributed by atoms with E-state index in [0.717, 1.165) is 28.3 Å². The lowest BCUT2D eigenvalue weighted by Crippen LogP contribution is -2.06. The Morgan fingerprint density at radius 3 is 2.30 bits per heavy atom. The van der Waals surface area contributed by atoms with Crippen LogP contribution in [0.5, 0.6) is 5.75 Å². The Bertz CT molecular complexity index is 893. The monoisotopic (exact) mass is 380 g/mol. The number of anilines is 2. The summed E-state index contributed by atoms with van der Waals surface area (Å²) in [4.78, 5) is 11.1. The molecule has 3 aromatic rings. The number of ether oxygens (including phenoxy) is 1. The van der Waals surface area contributed by atoms with Gasteiger partial charge in [-0.3, -0.25) is 4.79 Å². The van der Waals surface area contributed by atoms with Crippen molar-refractivity contribution in [3.05, 3.63) is 88.9 Å². The lowest BCUT2D eigenvalue weighted by atomic mass is 10.2. The van der Waals surface area contributed by atoms with Crippen LogP contribution in [0.3, 0.4) is 0 Å². The summed E-state index contributed by atoms with van der Waals surface area (Å²) in [6, 6.07) is 23.2. The summed E-state index contributed by atoms with van der Waals surface area (Å²) in [7, 11) is 0. The molecule has 0 unspecified atom stereocenters. The maximum atomic E-state index is 11.1. The first-order valence-corrected chi connectivity index (χ1v) is 9.04. The van der Waals surface area contributed by atoms with Crippen molar-refractivity contribution in [2.45, 2.75) is 20.1 Å². The Hall–Kier alpha value is -2.98. The third-order valence-corrected chi connectivity index (χ3v) is 4.22. The summed E-state index contributed by atoms with van der Waals surface area (Å²) in [6.07, 6.45) is 0. The molecule has 0 heterocycles. The molecule has 0 fully saturated rings. The lowest BCUT2D eigenvalue weighted by Gasteiger charge is -2.13. The van der Waals surface area contributed by atoms with Crippen LogP contribution in [0.15, 0.2) is 72.8 Å². The third-order valence-electron chi connectivity index (χ3n) is 3.97. The van der Waals surface area contributed by atoms with Crippen LogP contribution in [0.4, 0.5) is 11.4 Å². The fourth-order valence-corrected chi connectivity index (χ4v) is 2.73. The molecule has 3 rings (SSSR count). The van der Waals surface area contributed by atoms with Gasteiger partial charge in [-0.2, -0.15) is 0 Å². The van der Waals surface area contributed by atoms with Crippen LogP contribution in [0.2, 0.25) is 5.02 Å². The Balaban J connectivity index is 1.60. The van der Waals surface area contributed by atoms with Crippen LogP contribution in [0.25, 0.3) is 0 Å². The second-order valence-electron chi connectivity index (χ2n) is 6.13. The summed E-state index contributed by atoms with van der Waals surface area (Å²) >= 11 is 5.92. The van der Waals surface area contributed by atoms with Crippen molar-refractivity contribution >= 4 is 28.9 Å². The standard InChI is InChI=1S/C22H21ClN2O2/c1-16(26)25-21-12-10-20(11-13-21)24-14-18-4-2-3-5-22(18)27-15-17-6-8-19(23)9-7-17/h2-13,24H,14-15H2,1H3,(H,25,26). The molecule has 0 saturated carbocycles.